The van der Waals surface area contributed by atoms with Crippen LogP contribution >= 0.6 is 0 Å². The SMILES string of the molecule is CC(C)(C)OC(=O)NC1CC(F)=CCC1C(=O)ON1C(=O)c2ccccc2C1=O. The Morgan fingerprint density at radius 2 is 1.72 bits per heavy atom. The number of alkyl carbamates (subject to hydrolysis) is 1. The van der Waals surface area contributed by atoms with E-state index in [1.165, 1.54) is 18.2 Å². The third-order valence-corrected chi connectivity index (χ3v) is 4.44. The molecule has 154 valence electrons. The predicted molar refractivity (Wildman–Crippen MR) is 98.1 cm³/mol. The summed E-state index contributed by atoms with van der Waals surface area (Å²) in [4.78, 5) is 54.5. The van der Waals surface area contributed by atoms with Crippen molar-refractivity contribution in [1.29, 1.82) is 0 Å². The quantitative estimate of drug-likeness (QED) is 0.778. The van der Waals surface area contributed by atoms with E-state index in [-0.39, 0.29) is 24.0 Å². The lowest BCUT2D eigenvalue weighted by Crippen LogP contribution is -2.48. The number of nitrogens with zero attached hydrogens (tertiary/aromatic N) is 1. The van der Waals surface area contributed by atoms with E-state index in [0.29, 0.717) is 5.06 Å². The Kier molecular flexibility index (Phi) is 5.41. The van der Waals surface area contributed by atoms with Crippen LogP contribution in [0.4, 0.5) is 9.18 Å². The number of ether oxygens (including phenoxy) is 1. The maximum Gasteiger partial charge on any atom is 0.407 e. The Labute approximate surface area is 166 Å². The van der Waals surface area contributed by atoms with Crippen LogP contribution < -0.4 is 5.32 Å². The lowest BCUT2D eigenvalue weighted by Gasteiger charge is -2.30. The number of benzene rings is 1. The molecular weight excluding hydrogens is 383 g/mol. The molecule has 0 spiro atoms. The molecule has 0 radical (unpaired) electrons. The van der Waals surface area contributed by atoms with E-state index in [4.69, 9.17) is 9.57 Å². The van der Waals surface area contributed by atoms with Crippen LogP contribution in [0.5, 0.6) is 0 Å². The molecule has 1 N–H and O–H groups in total. The number of fused-ring (bicyclic) bond motifs is 1. The Balaban J connectivity index is 1.72. The number of imide groups is 1. The average molecular weight is 404 g/mol. The molecule has 2 unspecified atom stereocenters. The van der Waals surface area contributed by atoms with Gasteiger partial charge in [-0.15, -0.1) is 0 Å². The van der Waals surface area contributed by atoms with Crippen molar-refractivity contribution in [2.45, 2.75) is 45.3 Å². The fourth-order valence-electron chi connectivity index (χ4n) is 3.13. The van der Waals surface area contributed by atoms with Crippen LogP contribution in [0.2, 0.25) is 0 Å². The number of allylic oxidation sites excluding steroid dienone is 1. The maximum absolute atomic E-state index is 13.8. The molecule has 0 bridgehead atoms. The summed E-state index contributed by atoms with van der Waals surface area (Å²) >= 11 is 0. The predicted octanol–water partition coefficient (Wildman–Crippen LogP) is 2.90. The average Bonchev–Trinajstić information content (AvgIpc) is 2.85. The summed E-state index contributed by atoms with van der Waals surface area (Å²) in [5.41, 5.74) is -0.518. The minimum atomic E-state index is -0.994. The van der Waals surface area contributed by atoms with E-state index in [0.717, 1.165) is 0 Å². The van der Waals surface area contributed by atoms with Crippen LogP contribution in [0, 0.1) is 5.92 Å². The van der Waals surface area contributed by atoms with Gasteiger partial charge in [-0.2, -0.15) is 0 Å². The van der Waals surface area contributed by atoms with Gasteiger partial charge in [0.1, 0.15) is 5.60 Å². The van der Waals surface area contributed by atoms with Gasteiger partial charge in [-0.25, -0.2) is 14.0 Å². The minimum absolute atomic E-state index is 0.0612. The van der Waals surface area contributed by atoms with E-state index < -0.39 is 47.3 Å². The second-order valence-corrected chi connectivity index (χ2v) is 7.81. The molecule has 1 aromatic rings. The van der Waals surface area contributed by atoms with Gasteiger partial charge in [-0.1, -0.05) is 23.3 Å². The number of hydroxylamine groups is 2. The fraction of sp³-hybridized carbons (Fsp3) is 0.400. The van der Waals surface area contributed by atoms with E-state index >= 15 is 0 Å². The van der Waals surface area contributed by atoms with Gasteiger partial charge in [0.2, 0.25) is 0 Å². The topological polar surface area (TPSA) is 102 Å². The molecule has 8 nitrogen and oxygen atoms in total. The molecule has 0 saturated carbocycles. The second-order valence-electron chi connectivity index (χ2n) is 7.81. The van der Waals surface area contributed by atoms with E-state index in [1.807, 2.05) is 0 Å². The molecule has 3 rings (SSSR count). The molecule has 1 aromatic carbocycles. The number of rotatable bonds is 3. The van der Waals surface area contributed by atoms with Gasteiger partial charge < -0.3 is 14.9 Å². The van der Waals surface area contributed by atoms with Crippen LogP contribution in [0.3, 0.4) is 0 Å². The summed E-state index contributed by atoms with van der Waals surface area (Å²) in [7, 11) is 0. The zero-order chi connectivity index (χ0) is 21.3. The van der Waals surface area contributed by atoms with E-state index in [1.54, 1.807) is 32.9 Å². The van der Waals surface area contributed by atoms with Crippen molar-refractivity contribution in [3.63, 3.8) is 0 Å². The number of halogens is 1. The number of carbonyl (C=O) groups excluding carboxylic acids is 4. The van der Waals surface area contributed by atoms with Gasteiger partial charge in [-0.05, 0) is 39.3 Å². The highest BCUT2D eigenvalue weighted by Crippen LogP contribution is 2.29. The zero-order valence-corrected chi connectivity index (χ0v) is 16.2. The monoisotopic (exact) mass is 404 g/mol. The lowest BCUT2D eigenvalue weighted by molar-refractivity contribution is -0.174. The smallest absolute Gasteiger partial charge is 0.407 e. The normalized spacial score (nSPS) is 21.4. The van der Waals surface area contributed by atoms with E-state index in [9.17, 15) is 23.6 Å². The standard InChI is InChI=1S/C20H21FN2O6/c1-20(2,3)28-19(27)22-15-10-11(21)8-9-14(15)18(26)29-23-16(24)12-6-4-5-7-13(12)17(23)25/h4-8,14-15H,9-10H2,1-3H3,(H,22,27). The summed E-state index contributed by atoms with van der Waals surface area (Å²) in [6.07, 6.45) is 0.104. The third-order valence-electron chi connectivity index (χ3n) is 4.44. The van der Waals surface area contributed by atoms with Crippen molar-refractivity contribution in [1.82, 2.24) is 10.4 Å². The molecule has 1 heterocycles. The van der Waals surface area contributed by atoms with Gasteiger partial charge in [-0.3, -0.25) is 9.59 Å². The highest BCUT2D eigenvalue weighted by atomic mass is 19.1. The first-order valence-corrected chi connectivity index (χ1v) is 9.10. The Hall–Kier alpha value is -3.23. The van der Waals surface area contributed by atoms with Crippen molar-refractivity contribution < 1.29 is 33.1 Å². The molecule has 0 aromatic heterocycles. The molecule has 2 aliphatic rings. The van der Waals surface area contributed by atoms with Gasteiger partial charge in [0.25, 0.3) is 11.8 Å². The number of nitrogens with one attached hydrogen (secondary N) is 1. The minimum Gasteiger partial charge on any atom is -0.444 e. The zero-order valence-electron chi connectivity index (χ0n) is 16.2. The van der Waals surface area contributed by atoms with Crippen LogP contribution in [0.25, 0.3) is 0 Å². The Morgan fingerprint density at radius 3 is 2.28 bits per heavy atom. The number of hydrogen-bond donors (Lipinski definition) is 1. The van der Waals surface area contributed by atoms with Crippen LogP contribution in [-0.2, 0) is 14.4 Å². The first kappa shape index (κ1) is 20.5. The van der Waals surface area contributed by atoms with Crippen LogP contribution in [-0.4, -0.2) is 40.6 Å². The number of amides is 3. The molecule has 9 heteroatoms. The van der Waals surface area contributed by atoms with Crippen molar-refractivity contribution in [3.8, 4) is 0 Å². The summed E-state index contributed by atoms with van der Waals surface area (Å²) in [6, 6.07) is 5.14. The highest BCUT2D eigenvalue weighted by molar-refractivity contribution is 6.20. The second kappa shape index (κ2) is 7.65. The molecule has 29 heavy (non-hydrogen) atoms. The molecule has 3 amide bonds. The van der Waals surface area contributed by atoms with Crippen LogP contribution in [0.15, 0.2) is 36.2 Å². The molecule has 2 atom stereocenters. The first-order chi connectivity index (χ1) is 13.6. The summed E-state index contributed by atoms with van der Waals surface area (Å²) in [5, 5.41) is 2.87. The molecular formula is C20H21FN2O6. The first-order valence-electron chi connectivity index (χ1n) is 9.10. The van der Waals surface area contributed by atoms with Crippen molar-refractivity contribution in [2.75, 3.05) is 0 Å². The molecule has 1 aliphatic carbocycles. The summed E-state index contributed by atoms with van der Waals surface area (Å²) in [6.45, 7) is 5.01. The Morgan fingerprint density at radius 1 is 1.14 bits per heavy atom. The van der Waals surface area contributed by atoms with Gasteiger partial charge in [0.05, 0.1) is 28.9 Å². The number of carbonyl (C=O) groups is 4. The Bertz CT molecular complexity index is 869. The molecule has 0 fully saturated rings. The van der Waals surface area contributed by atoms with Crippen molar-refractivity contribution in [2.24, 2.45) is 5.92 Å². The summed E-state index contributed by atoms with van der Waals surface area (Å²) < 4.78 is 18.9. The van der Waals surface area contributed by atoms with Gasteiger partial charge >= 0.3 is 12.1 Å². The lowest BCUT2D eigenvalue weighted by atomic mass is 9.88. The van der Waals surface area contributed by atoms with E-state index in [2.05, 4.69) is 5.32 Å². The summed E-state index contributed by atoms with van der Waals surface area (Å²) in [5.74, 6) is -3.92. The number of hydrogen-bond acceptors (Lipinski definition) is 6. The van der Waals surface area contributed by atoms with Crippen molar-refractivity contribution >= 4 is 23.9 Å². The van der Waals surface area contributed by atoms with Gasteiger partial charge in [0.15, 0.2) is 0 Å². The fourth-order valence-corrected chi connectivity index (χ4v) is 3.13. The van der Waals surface area contributed by atoms with Crippen LogP contribution in [0.1, 0.15) is 54.3 Å². The molecule has 1 aliphatic heterocycles. The van der Waals surface area contributed by atoms with Crippen molar-refractivity contribution in [3.05, 3.63) is 47.3 Å². The molecule has 0 saturated heterocycles. The maximum atomic E-state index is 13.8. The largest absolute Gasteiger partial charge is 0.444 e. The third kappa shape index (κ3) is 4.44. The van der Waals surface area contributed by atoms with Gasteiger partial charge in [0, 0.05) is 6.42 Å². The highest BCUT2D eigenvalue weighted by Gasteiger charge is 2.42.